The molecule has 0 heterocycles. The first-order valence-electron chi connectivity index (χ1n) is 5.05. The van der Waals surface area contributed by atoms with Crippen molar-refractivity contribution in [2.45, 2.75) is 12.5 Å². The number of halogens is 1. The molecule has 0 aromatic heterocycles. The molecule has 0 radical (unpaired) electrons. The maximum absolute atomic E-state index is 12.0. The normalized spacial score (nSPS) is 13.6. The van der Waals surface area contributed by atoms with Crippen molar-refractivity contribution in [2.75, 3.05) is 12.4 Å². The molecular formula is C12H14BrNO3. The topological polar surface area (TPSA) is 55.4 Å². The van der Waals surface area contributed by atoms with Gasteiger partial charge in [-0.1, -0.05) is 46.3 Å². The molecule has 1 atom stereocenters. The summed E-state index contributed by atoms with van der Waals surface area (Å²) in [7, 11) is 1.26. The average molecular weight is 300 g/mol. The molecule has 1 rings (SSSR count). The number of rotatable bonds is 4. The van der Waals surface area contributed by atoms with Gasteiger partial charge in [0.25, 0.3) is 0 Å². The number of amides is 1. The standard InChI is InChI=1S/C12H14BrNO3/c1-12(10(15)8-13,14-11(16)17-2)9-6-4-3-5-7-9/h3-7H,8H2,1-2H3,(H,14,16). The molecule has 0 aliphatic heterocycles. The van der Waals surface area contributed by atoms with E-state index in [1.165, 1.54) is 7.11 Å². The number of ether oxygens (including phenoxy) is 1. The number of carbonyl (C=O) groups is 2. The molecule has 0 bridgehead atoms. The Bertz CT molecular complexity index is 407. The minimum atomic E-state index is -1.09. The van der Waals surface area contributed by atoms with Gasteiger partial charge < -0.3 is 10.1 Å². The smallest absolute Gasteiger partial charge is 0.407 e. The Hall–Kier alpha value is -1.36. The summed E-state index contributed by atoms with van der Waals surface area (Å²) in [6.45, 7) is 1.66. The molecule has 1 N–H and O–H groups in total. The van der Waals surface area contributed by atoms with E-state index in [1.54, 1.807) is 19.1 Å². The van der Waals surface area contributed by atoms with Gasteiger partial charge in [-0.15, -0.1) is 0 Å². The fraction of sp³-hybridized carbons (Fsp3) is 0.333. The molecule has 1 unspecified atom stereocenters. The molecule has 1 aromatic carbocycles. The van der Waals surface area contributed by atoms with Crippen LogP contribution in [0.2, 0.25) is 0 Å². The summed E-state index contributed by atoms with van der Waals surface area (Å²) in [5.41, 5.74) is -0.368. The lowest BCUT2D eigenvalue weighted by Gasteiger charge is -2.28. The van der Waals surface area contributed by atoms with E-state index in [4.69, 9.17) is 0 Å². The molecule has 17 heavy (non-hydrogen) atoms. The molecule has 0 saturated carbocycles. The zero-order chi connectivity index (χ0) is 12.9. The van der Waals surface area contributed by atoms with Crippen molar-refractivity contribution in [3.63, 3.8) is 0 Å². The van der Waals surface area contributed by atoms with Crippen LogP contribution >= 0.6 is 15.9 Å². The first-order valence-corrected chi connectivity index (χ1v) is 6.17. The Balaban J connectivity index is 3.11. The zero-order valence-electron chi connectivity index (χ0n) is 9.70. The lowest BCUT2D eigenvalue weighted by molar-refractivity contribution is -0.122. The number of alkyl carbamates (subject to hydrolysis) is 1. The molecule has 0 fully saturated rings. The van der Waals surface area contributed by atoms with Gasteiger partial charge in [-0.2, -0.15) is 0 Å². The van der Waals surface area contributed by atoms with Crippen LogP contribution in [0.1, 0.15) is 12.5 Å². The molecular weight excluding hydrogens is 286 g/mol. The fourth-order valence-corrected chi connectivity index (χ4v) is 2.02. The van der Waals surface area contributed by atoms with Gasteiger partial charge >= 0.3 is 6.09 Å². The van der Waals surface area contributed by atoms with Crippen LogP contribution in [-0.4, -0.2) is 24.3 Å². The van der Waals surface area contributed by atoms with Crippen molar-refractivity contribution in [2.24, 2.45) is 0 Å². The van der Waals surface area contributed by atoms with Crippen molar-refractivity contribution >= 4 is 27.8 Å². The van der Waals surface area contributed by atoms with Crippen LogP contribution in [0.15, 0.2) is 30.3 Å². The molecule has 0 saturated heterocycles. The summed E-state index contributed by atoms with van der Waals surface area (Å²) in [5.74, 6) is -0.144. The molecule has 1 amide bonds. The first kappa shape index (κ1) is 13.7. The Kier molecular flexibility index (Phi) is 4.69. The van der Waals surface area contributed by atoms with Gasteiger partial charge in [0.05, 0.1) is 12.4 Å². The van der Waals surface area contributed by atoms with Gasteiger partial charge in [0.15, 0.2) is 5.78 Å². The van der Waals surface area contributed by atoms with E-state index in [1.807, 2.05) is 18.2 Å². The third-order valence-electron chi connectivity index (χ3n) is 2.57. The Morgan fingerprint density at radius 3 is 2.41 bits per heavy atom. The van der Waals surface area contributed by atoms with E-state index in [0.717, 1.165) is 5.56 Å². The van der Waals surface area contributed by atoms with Crippen molar-refractivity contribution < 1.29 is 14.3 Å². The number of benzene rings is 1. The second-order valence-electron chi connectivity index (χ2n) is 3.66. The summed E-state index contributed by atoms with van der Waals surface area (Å²) in [6.07, 6.45) is -0.634. The second kappa shape index (κ2) is 5.82. The number of alkyl halides is 1. The van der Waals surface area contributed by atoms with Gasteiger partial charge in [-0.25, -0.2) is 4.79 Å². The highest BCUT2D eigenvalue weighted by Gasteiger charge is 2.35. The highest BCUT2D eigenvalue weighted by atomic mass is 79.9. The highest BCUT2D eigenvalue weighted by Crippen LogP contribution is 2.22. The van der Waals surface area contributed by atoms with Crippen molar-refractivity contribution in [1.29, 1.82) is 0 Å². The van der Waals surface area contributed by atoms with Crippen LogP contribution in [0.5, 0.6) is 0 Å². The number of Topliss-reactive ketones (excluding diaryl/α,β-unsaturated/α-hetero) is 1. The summed E-state index contributed by atoms with van der Waals surface area (Å²) in [6, 6.07) is 9.05. The van der Waals surface area contributed by atoms with E-state index >= 15 is 0 Å². The average Bonchev–Trinajstić information content (AvgIpc) is 2.38. The van der Waals surface area contributed by atoms with Crippen molar-refractivity contribution in [1.82, 2.24) is 5.32 Å². The Morgan fingerprint density at radius 1 is 1.35 bits per heavy atom. The van der Waals surface area contributed by atoms with E-state index in [0.29, 0.717) is 0 Å². The van der Waals surface area contributed by atoms with Crippen LogP contribution in [0.25, 0.3) is 0 Å². The van der Waals surface area contributed by atoms with E-state index in [-0.39, 0.29) is 11.1 Å². The lowest BCUT2D eigenvalue weighted by atomic mass is 9.88. The zero-order valence-corrected chi connectivity index (χ0v) is 11.3. The predicted octanol–water partition coefficient (Wildman–Crippen LogP) is 2.22. The van der Waals surface area contributed by atoms with Gasteiger partial charge in [-0.05, 0) is 12.5 Å². The largest absolute Gasteiger partial charge is 0.453 e. The molecule has 0 aliphatic rings. The number of hydrogen-bond acceptors (Lipinski definition) is 3. The molecule has 5 heteroatoms. The van der Waals surface area contributed by atoms with E-state index in [2.05, 4.69) is 26.0 Å². The Labute approximate surface area is 108 Å². The molecule has 4 nitrogen and oxygen atoms in total. The lowest BCUT2D eigenvalue weighted by Crippen LogP contribution is -2.50. The monoisotopic (exact) mass is 299 g/mol. The third kappa shape index (κ3) is 3.06. The third-order valence-corrected chi connectivity index (χ3v) is 3.08. The van der Waals surface area contributed by atoms with E-state index in [9.17, 15) is 9.59 Å². The number of nitrogens with one attached hydrogen (secondary N) is 1. The van der Waals surface area contributed by atoms with Crippen LogP contribution < -0.4 is 5.32 Å². The second-order valence-corrected chi connectivity index (χ2v) is 4.23. The predicted molar refractivity (Wildman–Crippen MR) is 68.1 cm³/mol. The minimum absolute atomic E-state index is 0.144. The van der Waals surface area contributed by atoms with Crippen LogP contribution in [0.4, 0.5) is 4.79 Å². The maximum atomic E-state index is 12.0. The summed E-state index contributed by atoms with van der Waals surface area (Å²) < 4.78 is 4.54. The number of ketones is 1. The quantitative estimate of drug-likeness (QED) is 0.868. The molecule has 0 spiro atoms. The van der Waals surface area contributed by atoms with Crippen molar-refractivity contribution in [3.05, 3.63) is 35.9 Å². The number of methoxy groups -OCH3 is 1. The maximum Gasteiger partial charge on any atom is 0.407 e. The molecule has 0 aliphatic carbocycles. The van der Waals surface area contributed by atoms with Crippen LogP contribution in [-0.2, 0) is 15.1 Å². The van der Waals surface area contributed by atoms with Crippen LogP contribution in [0, 0.1) is 0 Å². The SMILES string of the molecule is COC(=O)NC(C)(C(=O)CBr)c1ccccc1. The van der Waals surface area contributed by atoms with Gasteiger partial charge in [0.2, 0.25) is 0 Å². The van der Waals surface area contributed by atoms with Gasteiger partial charge in [0.1, 0.15) is 5.54 Å². The molecule has 92 valence electrons. The summed E-state index contributed by atoms with van der Waals surface area (Å²) >= 11 is 3.12. The van der Waals surface area contributed by atoms with E-state index < -0.39 is 11.6 Å². The summed E-state index contributed by atoms with van der Waals surface area (Å²) in [4.78, 5) is 23.3. The first-order chi connectivity index (χ1) is 8.04. The minimum Gasteiger partial charge on any atom is -0.453 e. The molecule has 1 aromatic rings. The van der Waals surface area contributed by atoms with Gasteiger partial charge in [-0.3, -0.25) is 4.79 Å². The van der Waals surface area contributed by atoms with Crippen molar-refractivity contribution in [3.8, 4) is 0 Å². The Morgan fingerprint density at radius 2 is 1.94 bits per heavy atom. The van der Waals surface area contributed by atoms with Crippen LogP contribution in [0.3, 0.4) is 0 Å². The fourth-order valence-electron chi connectivity index (χ4n) is 1.46. The highest BCUT2D eigenvalue weighted by molar-refractivity contribution is 9.09. The summed E-state index contributed by atoms with van der Waals surface area (Å²) in [5, 5.41) is 2.72. The van der Waals surface area contributed by atoms with Gasteiger partial charge in [0, 0.05) is 0 Å². The number of carbonyl (C=O) groups excluding carboxylic acids is 2. The number of hydrogen-bond donors (Lipinski definition) is 1.